The van der Waals surface area contributed by atoms with Crippen molar-refractivity contribution in [1.29, 1.82) is 0 Å². The van der Waals surface area contributed by atoms with E-state index in [9.17, 15) is 26.4 Å². The van der Waals surface area contributed by atoms with E-state index >= 15 is 0 Å². The molecule has 1 N–H and O–H groups in total. The van der Waals surface area contributed by atoms with Crippen LogP contribution in [0, 0.1) is 0 Å². The number of hydrogen-bond acceptors (Lipinski definition) is 6. The number of aryl methyl sites for hydroxylation is 2. The first-order valence-electron chi connectivity index (χ1n) is 9.78. The van der Waals surface area contributed by atoms with Gasteiger partial charge < -0.3 is 9.84 Å². The number of carboxylic acid groups (broad SMARTS) is 1. The minimum atomic E-state index is -4.63. The van der Waals surface area contributed by atoms with Crippen molar-refractivity contribution < 1.29 is 36.2 Å². The van der Waals surface area contributed by atoms with E-state index < -0.39 is 27.9 Å². The maximum Gasteiger partial charge on any atom is 0.435 e. The summed E-state index contributed by atoms with van der Waals surface area (Å²) in [6.07, 6.45) is -3.35. The van der Waals surface area contributed by atoms with Crippen molar-refractivity contribution in [2.45, 2.75) is 23.2 Å². The molecule has 0 saturated carbocycles. The Morgan fingerprint density at radius 3 is 2.56 bits per heavy atom. The lowest BCUT2D eigenvalue weighted by Crippen LogP contribution is -2.10. The highest BCUT2D eigenvalue weighted by Crippen LogP contribution is 2.37. The molecule has 3 aromatic heterocycles. The lowest BCUT2D eigenvalue weighted by atomic mass is 10.1. The second-order valence-electron chi connectivity index (χ2n) is 7.39. The quantitative estimate of drug-likeness (QED) is 0.393. The van der Waals surface area contributed by atoms with Crippen molar-refractivity contribution in [3.05, 3.63) is 53.9 Å². The molecule has 0 amide bonds. The lowest BCUT2D eigenvalue weighted by molar-refractivity contribution is -0.141. The van der Waals surface area contributed by atoms with E-state index in [1.165, 1.54) is 32.5 Å². The second kappa shape index (κ2) is 8.47. The molecule has 0 radical (unpaired) electrons. The molecule has 0 unspecified atom stereocenters. The smallest absolute Gasteiger partial charge is 0.435 e. The van der Waals surface area contributed by atoms with Crippen molar-refractivity contribution in [1.82, 2.24) is 13.8 Å². The number of carboxylic acids is 1. The average molecular weight is 514 g/mol. The van der Waals surface area contributed by atoms with Crippen LogP contribution in [0.25, 0.3) is 21.5 Å². The number of thiophene rings is 1. The molecule has 0 saturated heterocycles. The summed E-state index contributed by atoms with van der Waals surface area (Å²) in [6.45, 7) is 0. The van der Waals surface area contributed by atoms with Gasteiger partial charge in [0.05, 0.1) is 23.2 Å². The highest BCUT2D eigenvalue weighted by Gasteiger charge is 2.35. The van der Waals surface area contributed by atoms with Crippen LogP contribution in [0.2, 0.25) is 0 Å². The predicted octanol–water partition coefficient (Wildman–Crippen LogP) is 4.38. The molecule has 0 atom stereocenters. The molecule has 0 aliphatic rings. The minimum absolute atomic E-state index is 0.0882. The Labute approximate surface area is 195 Å². The Bertz CT molecular complexity index is 1500. The first-order chi connectivity index (χ1) is 15.9. The fourth-order valence-electron chi connectivity index (χ4n) is 3.54. The van der Waals surface area contributed by atoms with Gasteiger partial charge in [0.15, 0.2) is 5.69 Å². The van der Waals surface area contributed by atoms with Gasteiger partial charge in [0, 0.05) is 25.1 Å². The van der Waals surface area contributed by atoms with E-state index in [-0.39, 0.29) is 22.7 Å². The lowest BCUT2D eigenvalue weighted by Gasteiger charge is -2.06. The largest absolute Gasteiger partial charge is 0.497 e. The van der Waals surface area contributed by atoms with Gasteiger partial charge >= 0.3 is 12.1 Å². The Morgan fingerprint density at radius 2 is 1.94 bits per heavy atom. The zero-order valence-corrected chi connectivity index (χ0v) is 19.5. The van der Waals surface area contributed by atoms with Crippen LogP contribution in [-0.4, -0.2) is 40.4 Å². The molecule has 4 aromatic rings. The fourth-order valence-corrected chi connectivity index (χ4v) is 6.38. The number of benzene rings is 1. The highest BCUT2D eigenvalue weighted by molar-refractivity contribution is 7.92. The normalized spacial score (nSPS) is 12.4. The van der Waals surface area contributed by atoms with E-state index in [1.807, 2.05) is 0 Å². The zero-order valence-electron chi connectivity index (χ0n) is 17.8. The van der Waals surface area contributed by atoms with Gasteiger partial charge in [-0.3, -0.25) is 9.48 Å². The van der Waals surface area contributed by atoms with E-state index in [0.717, 1.165) is 26.1 Å². The van der Waals surface area contributed by atoms with Crippen LogP contribution < -0.4 is 4.74 Å². The van der Waals surface area contributed by atoms with Gasteiger partial charge in [-0.25, -0.2) is 3.97 Å². The molecular weight excluding hydrogens is 495 g/mol. The molecule has 3 heterocycles. The third kappa shape index (κ3) is 4.28. The summed E-state index contributed by atoms with van der Waals surface area (Å²) in [5.74, 6) is -0.543. The van der Waals surface area contributed by atoms with Crippen LogP contribution in [0.15, 0.2) is 46.8 Å². The molecule has 1 aromatic carbocycles. The minimum Gasteiger partial charge on any atom is -0.497 e. The van der Waals surface area contributed by atoms with Crippen LogP contribution >= 0.6 is 11.3 Å². The summed E-state index contributed by atoms with van der Waals surface area (Å²) in [5, 5.41) is 13.0. The molecule has 8 nitrogen and oxygen atoms in total. The Kier molecular flexibility index (Phi) is 5.94. The molecule has 180 valence electrons. The number of rotatable bonds is 7. The van der Waals surface area contributed by atoms with E-state index in [0.29, 0.717) is 27.1 Å². The third-order valence-electron chi connectivity index (χ3n) is 5.19. The number of carbonyl (C=O) groups is 1. The van der Waals surface area contributed by atoms with Gasteiger partial charge in [0.1, 0.15) is 9.96 Å². The van der Waals surface area contributed by atoms with Crippen molar-refractivity contribution in [2.75, 3.05) is 7.11 Å². The van der Waals surface area contributed by atoms with Crippen LogP contribution in [0.4, 0.5) is 13.2 Å². The first-order valence-corrected chi connectivity index (χ1v) is 12.0. The van der Waals surface area contributed by atoms with Crippen LogP contribution in [0.5, 0.6) is 5.75 Å². The average Bonchev–Trinajstić information content (AvgIpc) is 3.48. The highest BCUT2D eigenvalue weighted by atomic mass is 32.2. The van der Waals surface area contributed by atoms with E-state index in [2.05, 4.69) is 5.10 Å². The SMILES string of the molecule is COc1ccc2c(c1)c(CCC(=O)O)cn2S(=O)(=O)c1ccc(-c2cc(C(F)(F)F)nn2C)s1. The predicted molar refractivity (Wildman–Crippen MR) is 119 cm³/mol. The molecule has 0 bridgehead atoms. The Balaban J connectivity index is 1.79. The number of ether oxygens (including phenoxy) is 1. The van der Waals surface area contributed by atoms with E-state index in [4.69, 9.17) is 9.84 Å². The van der Waals surface area contributed by atoms with Crippen LogP contribution in [0.3, 0.4) is 0 Å². The molecule has 0 fully saturated rings. The maximum absolute atomic E-state index is 13.5. The molecule has 0 spiro atoms. The monoisotopic (exact) mass is 513 g/mol. The number of fused-ring (bicyclic) bond motifs is 1. The van der Waals surface area contributed by atoms with Crippen molar-refractivity contribution in [3.8, 4) is 16.3 Å². The van der Waals surface area contributed by atoms with Gasteiger partial charge in [-0.1, -0.05) is 0 Å². The molecule has 13 heteroatoms. The van der Waals surface area contributed by atoms with Gasteiger partial charge in [-0.15, -0.1) is 11.3 Å². The number of halogens is 3. The third-order valence-corrected chi connectivity index (χ3v) is 8.43. The molecule has 0 aliphatic carbocycles. The number of aromatic nitrogens is 3. The van der Waals surface area contributed by atoms with Crippen molar-refractivity contribution >= 4 is 38.2 Å². The Morgan fingerprint density at radius 1 is 1.21 bits per heavy atom. The second-order valence-corrected chi connectivity index (χ2v) is 10.5. The topological polar surface area (TPSA) is 103 Å². The van der Waals surface area contributed by atoms with Crippen molar-refractivity contribution in [2.24, 2.45) is 7.05 Å². The number of hydrogen-bond donors (Lipinski definition) is 1. The standard InChI is InChI=1S/C21H18F3N3O5S2/c1-26-16(10-18(25-26)21(22,23)24)17-6-8-20(33-17)34(30,31)27-11-12(3-7-19(28)29)14-9-13(32-2)4-5-15(14)27/h4-6,8-11H,3,7H2,1-2H3,(H,28,29). The number of alkyl halides is 3. The van der Waals surface area contributed by atoms with Gasteiger partial charge in [0.2, 0.25) is 0 Å². The molecule has 0 aliphatic heterocycles. The first kappa shape index (κ1) is 23.8. The molecule has 4 rings (SSSR count). The van der Waals surface area contributed by atoms with Gasteiger partial charge in [0.25, 0.3) is 10.0 Å². The summed E-state index contributed by atoms with van der Waals surface area (Å²) in [6, 6.07) is 8.39. The summed E-state index contributed by atoms with van der Waals surface area (Å²) in [4.78, 5) is 11.4. The van der Waals surface area contributed by atoms with Crippen molar-refractivity contribution in [3.63, 3.8) is 0 Å². The number of aliphatic carboxylic acids is 1. The van der Waals surface area contributed by atoms with E-state index in [1.54, 1.807) is 18.2 Å². The fraction of sp³-hybridized carbons (Fsp3) is 0.238. The summed E-state index contributed by atoms with van der Waals surface area (Å²) < 4.78 is 73.2. The summed E-state index contributed by atoms with van der Waals surface area (Å²) in [7, 11) is -1.32. The van der Waals surface area contributed by atoms with Gasteiger partial charge in [-0.2, -0.15) is 26.7 Å². The molecular formula is C21H18F3N3O5S2. The summed E-state index contributed by atoms with van der Waals surface area (Å²) in [5.41, 5.74) is -0.103. The summed E-state index contributed by atoms with van der Waals surface area (Å²) >= 11 is 0.814. The van der Waals surface area contributed by atoms with Crippen LogP contribution in [0.1, 0.15) is 17.7 Å². The van der Waals surface area contributed by atoms with Gasteiger partial charge in [-0.05, 0) is 48.4 Å². The zero-order chi connectivity index (χ0) is 24.8. The Hall–Kier alpha value is -3.32. The van der Waals surface area contributed by atoms with Crippen LogP contribution in [-0.2, 0) is 34.5 Å². The molecule has 34 heavy (non-hydrogen) atoms. The maximum atomic E-state index is 13.5. The number of nitrogens with zero attached hydrogens (tertiary/aromatic N) is 3. The number of methoxy groups -OCH3 is 1.